The van der Waals surface area contributed by atoms with Crippen molar-refractivity contribution in [2.45, 2.75) is 37.8 Å². The van der Waals surface area contributed by atoms with E-state index < -0.39 is 0 Å². The summed E-state index contributed by atoms with van der Waals surface area (Å²) in [6, 6.07) is 0.447. The van der Waals surface area contributed by atoms with Crippen LogP contribution in [-0.4, -0.2) is 74.9 Å². The molecule has 2 heterocycles. The maximum Gasteiger partial charge on any atom is 0.325 e. The lowest BCUT2D eigenvalue weighted by atomic mass is 9.99. The monoisotopic (exact) mass is 270 g/mol. The van der Waals surface area contributed by atoms with E-state index in [2.05, 4.69) is 16.8 Å². The van der Waals surface area contributed by atoms with Gasteiger partial charge in [0.1, 0.15) is 6.04 Å². The quantitative estimate of drug-likeness (QED) is 0.705. The third kappa shape index (κ3) is 3.91. The van der Waals surface area contributed by atoms with E-state index in [0.29, 0.717) is 19.3 Å². The van der Waals surface area contributed by atoms with E-state index in [-0.39, 0.29) is 12.0 Å². The first-order chi connectivity index (χ1) is 9.22. The van der Waals surface area contributed by atoms with Crippen molar-refractivity contribution >= 4 is 5.97 Å². The van der Waals surface area contributed by atoms with Crippen molar-refractivity contribution in [1.29, 1.82) is 0 Å². The molecule has 0 aromatic heterocycles. The van der Waals surface area contributed by atoms with Gasteiger partial charge in [-0.2, -0.15) is 0 Å². The molecule has 110 valence electrons. The largest absolute Gasteiger partial charge is 0.468 e. The van der Waals surface area contributed by atoms with Crippen LogP contribution in [0.25, 0.3) is 0 Å². The van der Waals surface area contributed by atoms with E-state index >= 15 is 0 Å². The van der Waals surface area contributed by atoms with Crippen molar-refractivity contribution in [1.82, 2.24) is 9.80 Å². The highest BCUT2D eigenvalue weighted by atomic mass is 16.5. The van der Waals surface area contributed by atoms with Gasteiger partial charge in [-0.15, -0.1) is 0 Å². The van der Waals surface area contributed by atoms with Gasteiger partial charge in [-0.05, 0) is 32.9 Å². The van der Waals surface area contributed by atoms with Gasteiger partial charge in [0.25, 0.3) is 0 Å². The number of hydrogen-bond acceptors (Lipinski definition) is 5. The summed E-state index contributed by atoms with van der Waals surface area (Å²) in [7, 11) is 3.66. The molecule has 0 aliphatic carbocycles. The summed E-state index contributed by atoms with van der Waals surface area (Å²) >= 11 is 0. The van der Waals surface area contributed by atoms with Gasteiger partial charge in [0.05, 0.1) is 20.3 Å². The molecular formula is C14H26N2O3. The fourth-order valence-electron chi connectivity index (χ4n) is 3.08. The van der Waals surface area contributed by atoms with E-state index in [1.807, 2.05) is 0 Å². The Morgan fingerprint density at radius 1 is 1.37 bits per heavy atom. The lowest BCUT2D eigenvalue weighted by molar-refractivity contribution is -0.153. The van der Waals surface area contributed by atoms with Crippen LogP contribution in [0.3, 0.4) is 0 Å². The minimum atomic E-state index is -0.215. The van der Waals surface area contributed by atoms with Gasteiger partial charge in [-0.25, -0.2) is 0 Å². The molecule has 0 amide bonds. The molecule has 2 saturated heterocycles. The van der Waals surface area contributed by atoms with Crippen molar-refractivity contribution in [3.8, 4) is 0 Å². The van der Waals surface area contributed by atoms with Gasteiger partial charge in [-0.3, -0.25) is 9.69 Å². The van der Waals surface area contributed by atoms with Crippen LogP contribution in [0, 0.1) is 0 Å². The molecule has 2 fully saturated rings. The van der Waals surface area contributed by atoms with Crippen molar-refractivity contribution in [2.24, 2.45) is 0 Å². The number of likely N-dealkylation sites (tertiary alicyclic amines) is 1. The summed E-state index contributed by atoms with van der Waals surface area (Å²) in [5.74, 6) is -0.170. The molecule has 0 radical (unpaired) electrons. The number of rotatable bonds is 4. The second-order valence-corrected chi connectivity index (χ2v) is 5.57. The molecule has 19 heavy (non-hydrogen) atoms. The number of piperidine rings is 1. The molecule has 2 aliphatic rings. The molecule has 0 spiro atoms. The maximum absolute atomic E-state index is 11.7. The third-order valence-corrected chi connectivity index (χ3v) is 4.38. The first-order valence-electron chi connectivity index (χ1n) is 7.32. The van der Waals surface area contributed by atoms with Crippen LogP contribution in [0.4, 0.5) is 0 Å². The first kappa shape index (κ1) is 14.8. The average Bonchev–Trinajstić information content (AvgIpc) is 2.46. The van der Waals surface area contributed by atoms with E-state index in [0.717, 1.165) is 19.5 Å². The predicted octanol–water partition coefficient (Wildman–Crippen LogP) is 0.735. The van der Waals surface area contributed by atoms with Gasteiger partial charge in [0.15, 0.2) is 0 Å². The van der Waals surface area contributed by atoms with Crippen LogP contribution >= 0.6 is 0 Å². The van der Waals surface area contributed by atoms with Crippen LogP contribution in [-0.2, 0) is 14.3 Å². The van der Waals surface area contributed by atoms with Crippen LogP contribution in [0.15, 0.2) is 0 Å². The Kier molecular flexibility index (Phi) is 5.60. The molecule has 2 unspecified atom stereocenters. The Morgan fingerprint density at radius 2 is 2.21 bits per heavy atom. The van der Waals surface area contributed by atoms with Gasteiger partial charge in [0, 0.05) is 19.1 Å². The number of nitrogens with zero attached hydrogens (tertiary/aromatic N) is 2. The molecule has 2 rings (SSSR count). The topological polar surface area (TPSA) is 42.0 Å². The van der Waals surface area contributed by atoms with Crippen LogP contribution in [0.2, 0.25) is 0 Å². The Labute approximate surface area is 115 Å². The molecular weight excluding hydrogens is 244 g/mol. The number of methoxy groups -OCH3 is 1. The van der Waals surface area contributed by atoms with Crippen molar-refractivity contribution in [3.05, 3.63) is 0 Å². The van der Waals surface area contributed by atoms with Gasteiger partial charge in [0.2, 0.25) is 0 Å². The summed E-state index contributed by atoms with van der Waals surface area (Å²) < 4.78 is 10.3. The maximum atomic E-state index is 11.7. The molecule has 0 N–H and O–H groups in total. The number of carbonyl (C=O) groups excluding carboxylic acids is 1. The zero-order valence-corrected chi connectivity index (χ0v) is 12.1. The summed E-state index contributed by atoms with van der Waals surface area (Å²) in [6.07, 6.45) is 5.06. The molecule has 0 bridgehead atoms. The lowest BCUT2D eigenvalue weighted by Gasteiger charge is -2.37. The minimum absolute atomic E-state index is 0.170. The third-order valence-electron chi connectivity index (χ3n) is 4.38. The summed E-state index contributed by atoms with van der Waals surface area (Å²) in [6.45, 7) is 4.17. The standard InChI is InChI=1S/C14H26N2O3/c1-15-7-4-3-5-12(15)6-8-16-9-10-19-11-13(16)14(17)18-2/h12-13H,3-11H2,1-2H3. The molecule has 0 aromatic rings. The summed E-state index contributed by atoms with van der Waals surface area (Å²) in [4.78, 5) is 16.4. The number of hydrogen-bond donors (Lipinski definition) is 0. The zero-order valence-electron chi connectivity index (χ0n) is 12.1. The Morgan fingerprint density at radius 3 is 2.95 bits per heavy atom. The van der Waals surface area contributed by atoms with Crippen molar-refractivity contribution in [3.63, 3.8) is 0 Å². The molecule has 5 heteroatoms. The van der Waals surface area contributed by atoms with Crippen molar-refractivity contribution in [2.75, 3.05) is 47.0 Å². The van der Waals surface area contributed by atoms with E-state index in [1.165, 1.54) is 32.9 Å². The highest BCUT2D eigenvalue weighted by Crippen LogP contribution is 2.19. The number of esters is 1. The zero-order chi connectivity index (χ0) is 13.7. The summed E-state index contributed by atoms with van der Waals surface area (Å²) in [5.41, 5.74) is 0. The highest BCUT2D eigenvalue weighted by molar-refractivity contribution is 5.75. The summed E-state index contributed by atoms with van der Waals surface area (Å²) in [5, 5.41) is 0. The molecule has 5 nitrogen and oxygen atoms in total. The van der Waals surface area contributed by atoms with E-state index in [4.69, 9.17) is 9.47 Å². The Balaban J connectivity index is 1.83. The average molecular weight is 270 g/mol. The van der Waals surface area contributed by atoms with Crippen LogP contribution in [0.5, 0.6) is 0 Å². The molecule has 0 aromatic carbocycles. The second kappa shape index (κ2) is 7.22. The fourth-order valence-corrected chi connectivity index (χ4v) is 3.08. The molecule has 0 saturated carbocycles. The lowest BCUT2D eigenvalue weighted by Crippen LogP contribution is -2.51. The fraction of sp³-hybridized carbons (Fsp3) is 0.929. The molecule has 2 atom stereocenters. The van der Waals surface area contributed by atoms with E-state index in [9.17, 15) is 4.79 Å². The Hall–Kier alpha value is -0.650. The van der Waals surface area contributed by atoms with Crippen LogP contribution < -0.4 is 0 Å². The van der Waals surface area contributed by atoms with Gasteiger partial charge >= 0.3 is 5.97 Å². The SMILES string of the molecule is COC(=O)C1COCCN1CCC1CCCCN1C. The minimum Gasteiger partial charge on any atom is -0.468 e. The smallest absolute Gasteiger partial charge is 0.325 e. The normalized spacial score (nSPS) is 30.2. The second-order valence-electron chi connectivity index (χ2n) is 5.57. The van der Waals surface area contributed by atoms with Crippen LogP contribution in [0.1, 0.15) is 25.7 Å². The predicted molar refractivity (Wildman–Crippen MR) is 73.1 cm³/mol. The molecule has 2 aliphatic heterocycles. The van der Waals surface area contributed by atoms with Gasteiger partial charge < -0.3 is 14.4 Å². The number of morpholine rings is 1. The van der Waals surface area contributed by atoms with Crippen molar-refractivity contribution < 1.29 is 14.3 Å². The van der Waals surface area contributed by atoms with Gasteiger partial charge in [-0.1, -0.05) is 6.42 Å². The van der Waals surface area contributed by atoms with E-state index in [1.54, 1.807) is 0 Å². The first-order valence-corrected chi connectivity index (χ1v) is 7.32. The number of ether oxygens (including phenoxy) is 2. The number of carbonyl (C=O) groups is 1. The Bertz CT molecular complexity index is 298. The highest BCUT2D eigenvalue weighted by Gasteiger charge is 2.31.